The Morgan fingerprint density at radius 2 is 2.00 bits per heavy atom. The largest absolute Gasteiger partial charge is 0.436 e. The van der Waals surface area contributed by atoms with Crippen LogP contribution in [0.2, 0.25) is 10.3 Å². The van der Waals surface area contributed by atoms with Crippen molar-refractivity contribution in [3.05, 3.63) is 39.4 Å². The van der Waals surface area contributed by atoms with Crippen LogP contribution < -0.4 is 4.74 Å². The second-order valence-electron chi connectivity index (χ2n) is 2.73. The van der Waals surface area contributed by atoms with E-state index in [4.69, 9.17) is 27.9 Å². The molecule has 0 saturated carbocycles. The van der Waals surface area contributed by atoms with Crippen molar-refractivity contribution in [1.82, 2.24) is 15.0 Å². The quantitative estimate of drug-likeness (QED) is 0.791. The first-order valence-electron chi connectivity index (χ1n) is 4.11. The molecule has 7 heteroatoms. The summed E-state index contributed by atoms with van der Waals surface area (Å²) in [4.78, 5) is 11.6. The number of aromatic nitrogens is 3. The zero-order chi connectivity index (χ0) is 11.5. The van der Waals surface area contributed by atoms with Crippen molar-refractivity contribution < 1.29 is 4.74 Å². The molecule has 0 radical (unpaired) electrons. The minimum absolute atomic E-state index is 0.105. The van der Waals surface area contributed by atoms with Crippen LogP contribution in [-0.4, -0.2) is 15.0 Å². The van der Waals surface area contributed by atoms with Crippen molar-refractivity contribution >= 4 is 39.1 Å². The van der Waals surface area contributed by atoms with Crippen LogP contribution in [0.15, 0.2) is 29.1 Å². The maximum Gasteiger partial charge on any atom is 0.238 e. The average Bonchev–Trinajstić information content (AvgIpc) is 2.24. The fraction of sp³-hybridized carbons (Fsp3) is 0. The maximum atomic E-state index is 5.77. The van der Waals surface area contributed by atoms with Gasteiger partial charge in [0.15, 0.2) is 0 Å². The molecule has 2 aromatic rings. The molecule has 0 aliphatic heterocycles. The van der Waals surface area contributed by atoms with Gasteiger partial charge in [-0.15, -0.1) is 0 Å². The van der Waals surface area contributed by atoms with E-state index in [1.54, 1.807) is 6.07 Å². The van der Waals surface area contributed by atoms with Gasteiger partial charge in [0.1, 0.15) is 5.75 Å². The van der Waals surface area contributed by atoms with Gasteiger partial charge < -0.3 is 4.74 Å². The van der Waals surface area contributed by atoms with Crippen molar-refractivity contribution in [2.45, 2.75) is 0 Å². The van der Waals surface area contributed by atoms with Gasteiger partial charge in [-0.3, -0.25) is 4.98 Å². The standard InChI is InChI=1S/C9H4BrCl2N3O/c10-7-4-14-9(12)15-8(7)16-6-1-5(11)2-13-3-6/h1-4H. The smallest absolute Gasteiger partial charge is 0.238 e. The predicted octanol–water partition coefficient (Wildman–Crippen LogP) is 3.73. The van der Waals surface area contributed by atoms with Crippen LogP contribution in [-0.2, 0) is 0 Å². The second kappa shape index (κ2) is 4.95. The molecule has 2 heterocycles. The SMILES string of the molecule is Clc1cncc(Oc2nc(Cl)ncc2Br)c1. The van der Waals surface area contributed by atoms with Crippen LogP contribution in [0.3, 0.4) is 0 Å². The molecule has 2 rings (SSSR count). The molecule has 0 saturated heterocycles. The first-order chi connectivity index (χ1) is 7.65. The molecule has 0 atom stereocenters. The maximum absolute atomic E-state index is 5.77. The molecule has 0 N–H and O–H groups in total. The Labute approximate surface area is 110 Å². The normalized spacial score (nSPS) is 10.2. The van der Waals surface area contributed by atoms with E-state index < -0.39 is 0 Å². The summed E-state index contributed by atoms with van der Waals surface area (Å²) in [5, 5.41) is 0.585. The van der Waals surface area contributed by atoms with E-state index in [0.717, 1.165) is 0 Å². The van der Waals surface area contributed by atoms with Crippen LogP contribution >= 0.6 is 39.1 Å². The molecular formula is C9H4BrCl2N3O. The number of nitrogens with zero attached hydrogens (tertiary/aromatic N) is 3. The third-order valence-electron chi connectivity index (χ3n) is 1.58. The summed E-state index contributed by atoms with van der Waals surface area (Å²) >= 11 is 14.7. The number of halogens is 3. The zero-order valence-electron chi connectivity index (χ0n) is 7.69. The van der Waals surface area contributed by atoms with Crippen LogP contribution in [0.1, 0.15) is 0 Å². The van der Waals surface area contributed by atoms with Gasteiger partial charge in [-0.05, 0) is 27.5 Å². The lowest BCUT2D eigenvalue weighted by Gasteiger charge is -2.05. The Kier molecular flexibility index (Phi) is 3.58. The summed E-state index contributed by atoms with van der Waals surface area (Å²) < 4.78 is 6.04. The number of hydrogen-bond donors (Lipinski definition) is 0. The minimum Gasteiger partial charge on any atom is -0.436 e. The number of pyridine rings is 1. The molecule has 82 valence electrons. The Morgan fingerprint density at radius 1 is 1.19 bits per heavy atom. The highest BCUT2D eigenvalue weighted by molar-refractivity contribution is 9.10. The van der Waals surface area contributed by atoms with Gasteiger partial charge in [0.2, 0.25) is 11.2 Å². The molecule has 0 amide bonds. The summed E-state index contributed by atoms with van der Waals surface area (Å²) in [7, 11) is 0. The van der Waals surface area contributed by atoms with E-state index in [2.05, 4.69) is 30.9 Å². The van der Waals surface area contributed by atoms with E-state index >= 15 is 0 Å². The molecule has 0 aliphatic carbocycles. The van der Waals surface area contributed by atoms with Crippen LogP contribution in [0.5, 0.6) is 11.6 Å². The van der Waals surface area contributed by atoms with E-state index in [1.807, 2.05) is 0 Å². The number of rotatable bonds is 2. The zero-order valence-corrected chi connectivity index (χ0v) is 10.8. The summed E-state index contributed by atoms with van der Waals surface area (Å²) in [5.74, 6) is 0.784. The van der Waals surface area contributed by atoms with E-state index in [-0.39, 0.29) is 5.28 Å². The summed E-state index contributed by atoms with van der Waals surface area (Å²) in [6.45, 7) is 0. The average molecular weight is 321 g/mol. The lowest BCUT2D eigenvalue weighted by molar-refractivity contribution is 0.456. The van der Waals surface area contributed by atoms with Gasteiger partial charge >= 0.3 is 0 Å². The number of hydrogen-bond acceptors (Lipinski definition) is 4. The van der Waals surface area contributed by atoms with Gasteiger partial charge in [-0.1, -0.05) is 11.6 Å². The van der Waals surface area contributed by atoms with Gasteiger partial charge in [0.05, 0.1) is 15.7 Å². The monoisotopic (exact) mass is 319 g/mol. The van der Waals surface area contributed by atoms with Crippen LogP contribution in [0.4, 0.5) is 0 Å². The second-order valence-corrected chi connectivity index (χ2v) is 4.36. The topological polar surface area (TPSA) is 47.9 Å². The molecule has 0 bridgehead atoms. The Bertz CT molecular complexity index is 524. The van der Waals surface area contributed by atoms with Crippen molar-refractivity contribution in [3.8, 4) is 11.6 Å². The molecule has 0 aromatic carbocycles. The van der Waals surface area contributed by atoms with Crippen molar-refractivity contribution in [2.24, 2.45) is 0 Å². The highest BCUT2D eigenvalue weighted by atomic mass is 79.9. The van der Waals surface area contributed by atoms with Gasteiger partial charge in [0, 0.05) is 18.5 Å². The molecule has 2 aromatic heterocycles. The minimum atomic E-state index is 0.105. The van der Waals surface area contributed by atoms with Gasteiger partial charge in [-0.25, -0.2) is 4.98 Å². The fourth-order valence-electron chi connectivity index (χ4n) is 0.963. The molecule has 0 aliphatic rings. The summed E-state index contributed by atoms with van der Waals surface area (Å²) in [6.07, 6.45) is 4.54. The van der Waals surface area contributed by atoms with Crippen molar-refractivity contribution in [2.75, 3.05) is 0 Å². The Morgan fingerprint density at radius 3 is 2.75 bits per heavy atom. The van der Waals surface area contributed by atoms with Gasteiger partial charge in [0.25, 0.3) is 0 Å². The van der Waals surface area contributed by atoms with Gasteiger partial charge in [-0.2, -0.15) is 4.98 Å². The highest BCUT2D eigenvalue weighted by Crippen LogP contribution is 2.28. The first-order valence-corrected chi connectivity index (χ1v) is 5.66. The summed E-state index contributed by atoms with van der Waals surface area (Å²) in [5.41, 5.74) is 0. The Hall–Kier alpha value is -0.910. The molecule has 0 unspecified atom stereocenters. The third-order valence-corrected chi connectivity index (χ3v) is 2.51. The lowest BCUT2D eigenvalue weighted by Crippen LogP contribution is -1.92. The lowest BCUT2D eigenvalue weighted by atomic mass is 10.4. The van der Waals surface area contributed by atoms with E-state index in [1.165, 1.54) is 18.6 Å². The number of ether oxygens (including phenoxy) is 1. The van der Waals surface area contributed by atoms with Crippen LogP contribution in [0, 0.1) is 0 Å². The van der Waals surface area contributed by atoms with Crippen molar-refractivity contribution in [1.29, 1.82) is 0 Å². The Balaban J connectivity index is 2.30. The van der Waals surface area contributed by atoms with E-state index in [0.29, 0.717) is 21.1 Å². The molecule has 0 spiro atoms. The highest BCUT2D eigenvalue weighted by Gasteiger charge is 2.07. The molecule has 16 heavy (non-hydrogen) atoms. The first kappa shape index (κ1) is 11.6. The van der Waals surface area contributed by atoms with Crippen molar-refractivity contribution in [3.63, 3.8) is 0 Å². The predicted molar refractivity (Wildman–Crippen MR) is 64.1 cm³/mol. The molecular weight excluding hydrogens is 317 g/mol. The summed E-state index contributed by atoms with van der Waals surface area (Å²) in [6, 6.07) is 1.62. The molecule has 0 fully saturated rings. The van der Waals surface area contributed by atoms with Crippen LogP contribution in [0.25, 0.3) is 0 Å². The third kappa shape index (κ3) is 2.81. The fourth-order valence-corrected chi connectivity index (χ4v) is 1.52. The van der Waals surface area contributed by atoms with E-state index in [9.17, 15) is 0 Å². The molecule has 4 nitrogen and oxygen atoms in total.